The third-order valence-corrected chi connectivity index (χ3v) is 5.23. The maximum atomic E-state index is 12.5. The standard InChI is InChI=1S/C17H17ClN2O2S/c1-12-6-7-15(23-12)17(22)20-10-8-19(9-11-20)16(21)13-4-2-3-5-14(13)18/h2-7H,8-11H2,1H3. The van der Waals surface area contributed by atoms with Crippen LogP contribution >= 0.6 is 22.9 Å². The van der Waals surface area contributed by atoms with Gasteiger partial charge in [0.2, 0.25) is 0 Å². The third-order valence-electron chi connectivity index (χ3n) is 3.91. The Labute approximate surface area is 144 Å². The van der Waals surface area contributed by atoms with Crippen LogP contribution in [0.1, 0.15) is 24.9 Å². The van der Waals surface area contributed by atoms with E-state index in [-0.39, 0.29) is 11.8 Å². The van der Waals surface area contributed by atoms with Crippen LogP contribution in [-0.2, 0) is 0 Å². The number of hydrogen-bond donors (Lipinski definition) is 0. The molecule has 23 heavy (non-hydrogen) atoms. The molecule has 120 valence electrons. The number of carbonyl (C=O) groups is 2. The molecule has 1 aliphatic rings. The summed E-state index contributed by atoms with van der Waals surface area (Å²) >= 11 is 7.60. The molecule has 0 spiro atoms. The number of piperazine rings is 1. The zero-order valence-corrected chi connectivity index (χ0v) is 14.4. The first-order valence-corrected chi connectivity index (χ1v) is 8.65. The van der Waals surface area contributed by atoms with Crippen LogP contribution in [0.15, 0.2) is 36.4 Å². The Kier molecular flexibility index (Phi) is 4.68. The van der Waals surface area contributed by atoms with E-state index in [2.05, 4.69) is 0 Å². The highest BCUT2D eigenvalue weighted by Gasteiger charge is 2.26. The lowest BCUT2D eigenvalue weighted by Crippen LogP contribution is -2.50. The molecular formula is C17H17ClN2O2S. The van der Waals surface area contributed by atoms with Crippen molar-refractivity contribution in [2.45, 2.75) is 6.92 Å². The van der Waals surface area contributed by atoms with Gasteiger partial charge in [0.25, 0.3) is 11.8 Å². The van der Waals surface area contributed by atoms with Gasteiger partial charge in [-0.1, -0.05) is 23.7 Å². The van der Waals surface area contributed by atoms with Crippen molar-refractivity contribution in [3.05, 3.63) is 56.7 Å². The summed E-state index contributed by atoms with van der Waals surface area (Å²) in [5.74, 6) is -0.0254. The summed E-state index contributed by atoms with van der Waals surface area (Å²) in [4.78, 5) is 30.4. The van der Waals surface area contributed by atoms with Gasteiger partial charge in [-0.05, 0) is 31.2 Å². The smallest absolute Gasteiger partial charge is 0.264 e. The van der Waals surface area contributed by atoms with E-state index in [9.17, 15) is 9.59 Å². The maximum absolute atomic E-state index is 12.5. The highest BCUT2D eigenvalue weighted by molar-refractivity contribution is 7.13. The summed E-state index contributed by atoms with van der Waals surface area (Å²) in [5, 5.41) is 0.463. The Morgan fingerprint density at radius 3 is 2.13 bits per heavy atom. The van der Waals surface area contributed by atoms with E-state index in [1.807, 2.05) is 24.0 Å². The molecule has 3 rings (SSSR count). The monoisotopic (exact) mass is 348 g/mol. The van der Waals surface area contributed by atoms with Gasteiger partial charge in [0.05, 0.1) is 15.5 Å². The lowest BCUT2D eigenvalue weighted by molar-refractivity contribution is 0.0538. The second-order valence-electron chi connectivity index (χ2n) is 5.47. The van der Waals surface area contributed by atoms with Gasteiger partial charge in [-0.2, -0.15) is 0 Å². The molecule has 0 atom stereocenters. The number of aryl methyl sites for hydroxylation is 1. The first-order chi connectivity index (χ1) is 11.1. The van der Waals surface area contributed by atoms with Gasteiger partial charge < -0.3 is 9.80 Å². The van der Waals surface area contributed by atoms with E-state index in [1.54, 1.807) is 29.2 Å². The molecule has 2 heterocycles. The van der Waals surface area contributed by atoms with Crippen LogP contribution in [0, 0.1) is 6.92 Å². The van der Waals surface area contributed by atoms with E-state index in [0.29, 0.717) is 36.8 Å². The molecule has 1 saturated heterocycles. The Morgan fingerprint density at radius 2 is 1.57 bits per heavy atom. The van der Waals surface area contributed by atoms with Crippen molar-refractivity contribution in [1.29, 1.82) is 0 Å². The third kappa shape index (κ3) is 3.41. The molecule has 4 nitrogen and oxygen atoms in total. The summed E-state index contributed by atoms with van der Waals surface area (Å²) < 4.78 is 0. The number of benzene rings is 1. The van der Waals surface area contributed by atoms with Gasteiger partial charge in [0, 0.05) is 31.1 Å². The number of thiophene rings is 1. The summed E-state index contributed by atoms with van der Waals surface area (Å²) in [7, 11) is 0. The minimum atomic E-state index is -0.0744. The van der Waals surface area contributed by atoms with Crippen molar-refractivity contribution in [1.82, 2.24) is 9.80 Å². The van der Waals surface area contributed by atoms with Crippen molar-refractivity contribution >= 4 is 34.8 Å². The zero-order valence-electron chi connectivity index (χ0n) is 12.8. The Bertz CT molecular complexity index is 736. The topological polar surface area (TPSA) is 40.6 Å². The van der Waals surface area contributed by atoms with Crippen molar-refractivity contribution < 1.29 is 9.59 Å². The van der Waals surface area contributed by atoms with Gasteiger partial charge in [0.1, 0.15) is 0 Å². The van der Waals surface area contributed by atoms with Gasteiger partial charge >= 0.3 is 0 Å². The second-order valence-corrected chi connectivity index (χ2v) is 7.17. The first kappa shape index (κ1) is 16.0. The van der Waals surface area contributed by atoms with E-state index >= 15 is 0 Å². The zero-order chi connectivity index (χ0) is 16.4. The van der Waals surface area contributed by atoms with Crippen LogP contribution in [0.4, 0.5) is 0 Å². The number of amides is 2. The highest BCUT2D eigenvalue weighted by Crippen LogP contribution is 2.20. The largest absolute Gasteiger partial charge is 0.335 e. The normalized spacial score (nSPS) is 14.9. The molecule has 0 aliphatic carbocycles. The van der Waals surface area contributed by atoms with Crippen molar-refractivity contribution in [3.8, 4) is 0 Å². The Hall–Kier alpha value is -1.85. The fourth-order valence-corrected chi connectivity index (χ4v) is 3.67. The summed E-state index contributed by atoms with van der Waals surface area (Å²) in [6.07, 6.45) is 0. The summed E-state index contributed by atoms with van der Waals surface area (Å²) in [6.45, 7) is 4.14. The van der Waals surface area contributed by atoms with Crippen LogP contribution in [0.2, 0.25) is 5.02 Å². The van der Waals surface area contributed by atoms with Gasteiger partial charge in [-0.15, -0.1) is 11.3 Å². The molecule has 0 bridgehead atoms. The second kappa shape index (κ2) is 6.72. The van der Waals surface area contributed by atoms with E-state index in [1.165, 1.54) is 11.3 Å². The minimum absolute atomic E-state index is 0.0490. The van der Waals surface area contributed by atoms with Crippen molar-refractivity contribution in [3.63, 3.8) is 0 Å². The average Bonchev–Trinajstić information content (AvgIpc) is 3.01. The van der Waals surface area contributed by atoms with Crippen molar-refractivity contribution in [2.75, 3.05) is 26.2 Å². The Morgan fingerprint density at radius 1 is 0.957 bits per heavy atom. The maximum Gasteiger partial charge on any atom is 0.264 e. The van der Waals surface area contributed by atoms with E-state index in [0.717, 1.165) is 9.75 Å². The Balaban J connectivity index is 1.63. The van der Waals surface area contributed by atoms with Gasteiger partial charge in [-0.3, -0.25) is 9.59 Å². The lowest BCUT2D eigenvalue weighted by Gasteiger charge is -2.34. The van der Waals surface area contributed by atoms with Gasteiger partial charge in [-0.25, -0.2) is 0 Å². The molecule has 6 heteroatoms. The lowest BCUT2D eigenvalue weighted by atomic mass is 10.2. The number of nitrogens with zero attached hydrogens (tertiary/aromatic N) is 2. The predicted octanol–water partition coefficient (Wildman–Crippen LogP) is 3.31. The molecule has 1 fully saturated rings. The molecule has 0 N–H and O–H groups in total. The van der Waals surface area contributed by atoms with Crippen molar-refractivity contribution in [2.24, 2.45) is 0 Å². The summed E-state index contributed by atoms with van der Waals surface area (Å²) in [5.41, 5.74) is 0.517. The van der Waals surface area contributed by atoms with Gasteiger partial charge in [0.15, 0.2) is 0 Å². The number of rotatable bonds is 2. The fourth-order valence-electron chi connectivity index (χ4n) is 2.62. The molecule has 2 aromatic rings. The van der Waals surface area contributed by atoms with Crippen LogP contribution in [0.25, 0.3) is 0 Å². The van der Waals surface area contributed by atoms with Crippen LogP contribution in [0.5, 0.6) is 0 Å². The summed E-state index contributed by atoms with van der Waals surface area (Å²) in [6, 6.07) is 10.9. The highest BCUT2D eigenvalue weighted by atomic mass is 35.5. The molecule has 1 aromatic heterocycles. The number of hydrogen-bond acceptors (Lipinski definition) is 3. The quantitative estimate of drug-likeness (QED) is 0.835. The first-order valence-electron chi connectivity index (χ1n) is 7.46. The molecule has 0 saturated carbocycles. The predicted molar refractivity (Wildman–Crippen MR) is 92.3 cm³/mol. The molecule has 1 aromatic carbocycles. The minimum Gasteiger partial charge on any atom is -0.335 e. The SMILES string of the molecule is Cc1ccc(C(=O)N2CCN(C(=O)c3ccccc3Cl)CC2)s1. The van der Waals surface area contributed by atoms with Crippen LogP contribution < -0.4 is 0 Å². The molecule has 1 aliphatic heterocycles. The molecular weight excluding hydrogens is 332 g/mol. The van der Waals surface area contributed by atoms with E-state index in [4.69, 9.17) is 11.6 Å². The van der Waals surface area contributed by atoms with Crippen LogP contribution in [-0.4, -0.2) is 47.8 Å². The molecule has 0 unspecified atom stereocenters. The van der Waals surface area contributed by atoms with E-state index < -0.39 is 0 Å². The molecule has 2 amide bonds. The van der Waals surface area contributed by atoms with Crippen LogP contribution in [0.3, 0.4) is 0 Å². The average molecular weight is 349 g/mol. The number of halogens is 1. The fraction of sp³-hybridized carbons (Fsp3) is 0.294. The molecule has 0 radical (unpaired) electrons. The number of carbonyl (C=O) groups excluding carboxylic acids is 2.